The van der Waals surface area contributed by atoms with Gasteiger partial charge in [-0.15, -0.1) is 0 Å². The highest BCUT2D eigenvalue weighted by Gasteiger charge is 2.12. The van der Waals surface area contributed by atoms with Crippen molar-refractivity contribution in [2.45, 2.75) is 19.8 Å². The summed E-state index contributed by atoms with van der Waals surface area (Å²) in [6, 6.07) is 11.2. The van der Waals surface area contributed by atoms with Crippen molar-refractivity contribution in [3.8, 4) is 11.5 Å². The molecule has 0 fully saturated rings. The maximum absolute atomic E-state index is 11.9. The molecule has 1 N–H and O–H groups in total. The fourth-order valence-electron chi connectivity index (χ4n) is 2.07. The summed E-state index contributed by atoms with van der Waals surface area (Å²) in [6.45, 7) is 3.84. The first-order chi connectivity index (χ1) is 11.4. The highest BCUT2D eigenvalue weighted by atomic mass is 79.9. The van der Waals surface area contributed by atoms with Crippen LogP contribution < -0.4 is 9.47 Å². The first-order valence-corrected chi connectivity index (χ1v) is 8.12. The van der Waals surface area contributed by atoms with Crippen LogP contribution in [-0.4, -0.2) is 23.7 Å². The Morgan fingerprint density at radius 2 is 1.79 bits per heavy atom. The smallest absolute Gasteiger partial charge is 0.349 e. The second kappa shape index (κ2) is 7.97. The molecule has 0 amide bonds. The van der Waals surface area contributed by atoms with E-state index in [1.807, 2.05) is 26.0 Å². The number of hydrogen-bond donors (Lipinski definition) is 1. The molecule has 0 radical (unpaired) electrons. The van der Waals surface area contributed by atoms with Crippen molar-refractivity contribution in [2.24, 2.45) is 0 Å². The largest absolute Gasteiger partial charge is 0.482 e. The summed E-state index contributed by atoms with van der Waals surface area (Å²) < 4.78 is 11.6. The number of ether oxygens (including phenoxy) is 2. The Bertz CT molecular complexity index is 738. The number of esters is 1. The van der Waals surface area contributed by atoms with Crippen LogP contribution in [-0.2, 0) is 4.79 Å². The molecule has 2 aromatic carbocycles. The van der Waals surface area contributed by atoms with E-state index in [0.29, 0.717) is 5.75 Å². The van der Waals surface area contributed by atoms with Gasteiger partial charge in [0.15, 0.2) is 6.61 Å². The first kappa shape index (κ1) is 18.0. The summed E-state index contributed by atoms with van der Waals surface area (Å²) in [5.41, 5.74) is 1.12. The number of carbonyl (C=O) groups excluding carboxylic acids is 1. The minimum absolute atomic E-state index is 0.127. The molecule has 0 atom stereocenters. The van der Waals surface area contributed by atoms with Crippen LogP contribution >= 0.6 is 15.9 Å². The molecule has 0 aliphatic rings. The Balaban J connectivity index is 1.97. The monoisotopic (exact) mass is 392 g/mol. The van der Waals surface area contributed by atoms with Crippen molar-refractivity contribution in [2.75, 3.05) is 6.61 Å². The maximum Gasteiger partial charge on any atom is 0.349 e. The summed E-state index contributed by atoms with van der Waals surface area (Å²) in [5.74, 6) is -0.444. The number of rotatable bonds is 6. The van der Waals surface area contributed by atoms with E-state index >= 15 is 0 Å². The van der Waals surface area contributed by atoms with E-state index in [4.69, 9.17) is 14.6 Å². The molecule has 0 unspecified atom stereocenters. The molecular formula is C18H17BrO5. The third kappa shape index (κ3) is 4.83. The highest BCUT2D eigenvalue weighted by Crippen LogP contribution is 2.29. The van der Waals surface area contributed by atoms with Gasteiger partial charge in [0.1, 0.15) is 11.5 Å². The minimum Gasteiger partial charge on any atom is -0.482 e. The summed E-state index contributed by atoms with van der Waals surface area (Å²) in [7, 11) is 0. The highest BCUT2D eigenvalue weighted by molar-refractivity contribution is 9.10. The molecule has 126 valence electrons. The van der Waals surface area contributed by atoms with Gasteiger partial charge in [0.25, 0.3) is 0 Å². The van der Waals surface area contributed by atoms with Crippen LogP contribution in [0.15, 0.2) is 46.9 Å². The SMILES string of the molecule is CC(C)c1cc(Br)ccc1OCC(=O)Oc1ccc(C(=O)O)cc1. The maximum atomic E-state index is 11.9. The van der Waals surface area contributed by atoms with E-state index in [-0.39, 0.29) is 23.8 Å². The molecule has 0 aromatic heterocycles. The third-order valence-electron chi connectivity index (χ3n) is 3.27. The van der Waals surface area contributed by atoms with Crippen LogP contribution in [0.2, 0.25) is 0 Å². The van der Waals surface area contributed by atoms with E-state index in [9.17, 15) is 9.59 Å². The van der Waals surface area contributed by atoms with E-state index in [2.05, 4.69) is 15.9 Å². The van der Waals surface area contributed by atoms with E-state index in [0.717, 1.165) is 10.0 Å². The van der Waals surface area contributed by atoms with E-state index < -0.39 is 11.9 Å². The number of carbonyl (C=O) groups is 2. The second-order valence-corrected chi connectivity index (χ2v) is 6.34. The van der Waals surface area contributed by atoms with E-state index in [1.165, 1.54) is 24.3 Å². The fourth-order valence-corrected chi connectivity index (χ4v) is 2.44. The van der Waals surface area contributed by atoms with Gasteiger partial charge < -0.3 is 14.6 Å². The molecule has 5 nitrogen and oxygen atoms in total. The van der Waals surface area contributed by atoms with Gasteiger partial charge in [-0.1, -0.05) is 29.8 Å². The zero-order valence-corrected chi connectivity index (χ0v) is 14.9. The van der Waals surface area contributed by atoms with Crippen molar-refractivity contribution in [3.63, 3.8) is 0 Å². The topological polar surface area (TPSA) is 72.8 Å². The molecule has 2 aromatic rings. The quantitative estimate of drug-likeness (QED) is 0.587. The van der Waals surface area contributed by atoms with Gasteiger partial charge >= 0.3 is 11.9 Å². The molecule has 2 rings (SSSR count). The standard InChI is InChI=1S/C18H17BrO5/c1-11(2)15-9-13(19)5-8-16(15)23-10-17(20)24-14-6-3-12(4-7-14)18(21)22/h3-9,11H,10H2,1-2H3,(H,21,22). The van der Waals surface area contributed by atoms with Gasteiger partial charge in [0.2, 0.25) is 0 Å². The average Bonchev–Trinajstić information content (AvgIpc) is 2.54. The fraction of sp³-hybridized carbons (Fsp3) is 0.222. The molecule has 0 saturated heterocycles. The molecule has 24 heavy (non-hydrogen) atoms. The second-order valence-electron chi connectivity index (χ2n) is 5.43. The minimum atomic E-state index is -1.03. The van der Waals surface area contributed by atoms with Crippen molar-refractivity contribution >= 4 is 27.9 Å². The lowest BCUT2D eigenvalue weighted by atomic mass is 10.0. The lowest BCUT2D eigenvalue weighted by Crippen LogP contribution is -2.18. The first-order valence-electron chi connectivity index (χ1n) is 7.33. The van der Waals surface area contributed by atoms with Crippen molar-refractivity contribution < 1.29 is 24.2 Å². The van der Waals surface area contributed by atoms with Gasteiger partial charge in [0, 0.05) is 4.47 Å². The molecule has 0 aliphatic heterocycles. The molecule has 0 saturated carbocycles. The number of hydrogen-bond acceptors (Lipinski definition) is 4. The Morgan fingerprint density at radius 1 is 1.12 bits per heavy atom. The molecule has 0 spiro atoms. The van der Waals surface area contributed by atoms with Gasteiger partial charge in [-0.2, -0.15) is 0 Å². The summed E-state index contributed by atoms with van der Waals surface area (Å²) in [5, 5.41) is 8.83. The zero-order valence-electron chi connectivity index (χ0n) is 13.3. The van der Waals surface area contributed by atoms with Gasteiger partial charge in [-0.05, 0) is 53.9 Å². The third-order valence-corrected chi connectivity index (χ3v) is 3.77. The molecule has 0 heterocycles. The molecular weight excluding hydrogens is 376 g/mol. The van der Waals surface area contributed by atoms with Gasteiger partial charge in [-0.3, -0.25) is 0 Å². The predicted molar refractivity (Wildman–Crippen MR) is 92.8 cm³/mol. The van der Waals surface area contributed by atoms with Crippen LogP contribution in [0.3, 0.4) is 0 Å². The zero-order chi connectivity index (χ0) is 17.7. The average molecular weight is 393 g/mol. The predicted octanol–water partition coefficient (Wildman–Crippen LogP) is 4.26. The number of halogens is 1. The molecule has 6 heteroatoms. The van der Waals surface area contributed by atoms with Crippen molar-refractivity contribution in [1.29, 1.82) is 0 Å². The normalized spacial score (nSPS) is 10.5. The van der Waals surface area contributed by atoms with Crippen molar-refractivity contribution in [3.05, 3.63) is 58.1 Å². The van der Waals surface area contributed by atoms with Gasteiger partial charge in [-0.25, -0.2) is 9.59 Å². The van der Waals surface area contributed by atoms with Gasteiger partial charge in [0.05, 0.1) is 5.56 Å². The van der Waals surface area contributed by atoms with Crippen LogP contribution in [0.1, 0.15) is 35.7 Å². The number of carboxylic acids is 1. The Hall–Kier alpha value is -2.34. The van der Waals surface area contributed by atoms with Crippen LogP contribution in [0.5, 0.6) is 11.5 Å². The van der Waals surface area contributed by atoms with E-state index in [1.54, 1.807) is 6.07 Å². The van der Waals surface area contributed by atoms with Crippen LogP contribution in [0.25, 0.3) is 0 Å². The lowest BCUT2D eigenvalue weighted by Gasteiger charge is -2.14. The lowest BCUT2D eigenvalue weighted by molar-refractivity contribution is -0.136. The summed E-state index contributed by atoms with van der Waals surface area (Å²) >= 11 is 3.42. The van der Waals surface area contributed by atoms with Crippen molar-refractivity contribution in [1.82, 2.24) is 0 Å². The number of carboxylic acid groups (broad SMARTS) is 1. The Labute approximate surface area is 148 Å². The van der Waals surface area contributed by atoms with Crippen LogP contribution in [0, 0.1) is 0 Å². The number of benzene rings is 2. The Morgan fingerprint density at radius 3 is 2.38 bits per heavy atom. The number of aromatic carboxylic acids is 1. The Kier molecular flexibility index (Phi) is 5.98. The molecule has 0 aliphatic carbocycles. The molecule has 0 bridgehead atoms. The van der Waals surface area contributed by atoms with Crippen LogP contribution in [0.4, 0.5) is 0 Å². The summed E-state index contributed by atoms with van der Waals surface area (Å²) in [6.07, 6.45) is 0. The summed E-state index contributed by atoms with van der Waals surface area (Å²) in [4.78, 5) is 22.7.